The van der Waals surface area contributed by atoms with Crippen LogP contribution in [-0.2, 0) is 13.0 Å². The highest BCUT2D eigenvalue weighted by atomic mass is 16.5. The lowest BCUT2D eigenvalue weighted by molar-refractivity contribution is 0.0735. The molecule has 0 radical (unpaired) electrons. The maximum atomic E-state index is 13.4. The van der Waals surface area contributed by atoms with Gasteiger partial charge in [0.05, 0.1) is 18.9 Å². The van der Waals surface area contributed by atoms with Crippen molar-refractivity contribution < 1.29 is 13.9 Å². The Morgan fingerprint density at radius 2 is 1.81 bits per heavy atom. The maximum absolute atomic E-state index is 13.4. The number of ether oxygens (including phenoxy) is 1. The Kier molecular flexibility index (Phi) is 5.00. The van der Waals surface area contributed by atoms with Gasteiger partial charge < -0.3 is 14.1 Å². The van der Waals surface area contributed by atoms with Crippen molar-refractivity contribution >= 4 is 5.91 Å². The minimum Gasteiger partial charge on any atom is -0.497 e. The van der Waals surface area contributed by atoms with Crippen LogP contribution in [0.25, 0.3) is 22.8 Å². The first-order valence-corrected chi connectivity index (χ1v) is 10.3. The number of carbonyl (C=O) groups excluding carboxylic acids is 1. The number of oxazole rings is 1. The lowest BCUT2D eigenvalue weighted by Crippen LogP contribution is -2.36. The van der Waals surface area contributed by atoms with Crippen molar-refractivity contribution in [3.8, 4) is 28.5 Å². The second-order valence-corrected chi connectivity index (χ2v) is 7.55. The lowest BCUT2D eigenvalue weighted by Gasteiger charge is -2.29. The van der Waals surface area contributed by atoms with Crippen LogP contribution in [-0.4, -0.2) is 29.4 Å². The van der Waals surface area contributed by atoms with Gasteiger partial charge in [0.1, 0.15) is 5.75 Å². The summed E-state index contributed by atoms with van der Waals surface area (Å²) in [5, 5.41) is 0. The Morgan fingerprint density at radius 1 is 1.00 bits per heavy atom. The predicted octanol–water partition coefficient (Wildman–Crippen LogP) is 5.22. The van der Waals surface area contributed by atoms with E-state index in [-0.39, 0.29) is 5.91 Å². The van der Waals surface area contributed by atoms with Crippen LogP contribution in [0.3, 0.4) is 0 Å². The average Bonchev–Trinajstić information content (AvgIpc) is 3.33. The molecular weight excluding hydrogens is 388 g/mol. The molecule has 0 aliphatic carbocycles. The van der Waals surface area contributed by atoms with E-state index in [1.165, 1.54) is 11.1 Å². The monoisotopic (exact) mass is 410 g/mol. The maximum Gasteiger partial charge on any atom is 0.254 e. The van der Waals surface area contributed by atoms with Gasteiger partial charge in [0.25, 0.3) is 5.91 Å². The summed E-state index contributed by atoms with van der Waals surface area (Å²) in [6, 6.07) is 23.4. The molecule has 0 saturated carbocycles. The summed E-state index contributed by atoms with van der Waals surface area (Å²) in [6.07, 6.45) is 2.55. The Hall–Kier alpha value is -3.86. The second-order valence-electron chi connectivity index (χ2n) is 7.55. The topological polar surface area (TPSA) is 55.6 Å². The van der Waals surface area contributed by atoms with Gasteiger partial charge in [-0.15, -0.1) is 0 Å². The minimum atomic E-state index is -0.00812. The van der Waals surface area contributed by atoms with E-state index in [0.29, 0.717) is 35.9 Å². The van der Waals surface area contributed by atoms with Crippen LogP contribution in [0.15, 0.2) is 83.4 Å². The summed E-state index contributed by atoms with van der Waals surface area (Å²) in [7, 11) is 1.63. The lowest BCUT2D eigenvalue weighted by atomic mass is 9.98. The number of rotatable bonds is 4. The predicted molar refractivity (Wildman–Crippen MR) is 119 cm³/mol. The fourth-order valence-electron chi connectivity index (χ4n) is 4.00. The summed E-state index contributed by atoms with van der Waals surface area (Å²) in [5.74, 6) is 1.80. The number of carbonyl (C=O) groups is 1. The molecule has 0 N–H and O–H groups in total. The highest BCUT2D eigenvalue weighted by Gasteiger charge is 2.25. The zero-order valence-corrected chi connectivity index (χ0v) is 17.2. The molecule has 1 aliphatic heterocycles. The number of benzene rings is 3. The van der Waals surface area contributed by atoms with Crippen LogP contribution >= 0.6 is 0 Å². The van der Waals surface area contributed by atoms with Crippen molar-refractivity contribution in [3.63, 3.8) is 0 Å². The molecule has 5 nitrogen and oxygen atoms in total. The summed E-state index contributed by atoms with van der Waals surface area (Å²) >= 11 is 0. The van der Waals surface area contributed by atoms with Crippen LogP contribution in [0.4, 0.5) is 0 Å². The van der Waals surface area contributed by atoms with Gasteiger partial charge in [-0.05, 0) is 41.8 Å². The number of amides is 1. The molecule has 0 bridgehead atoms. The number of fused-ring (bicyclic) bond motifs is 1. The van der Waals surface area contributed by atoms with E-state index in [0.717, 1.165) is 17.7 Å². The first-order chi connectivity index (χ1) is 15.2. The number of methoxy groups -OCH3 is 1. The second kappa shape index (κ2) is 8.11. The zero-order valence-electron chi connectivity index (χ0n) is 17.2. The summed E-state index contributed by atoms with van der Waals surface area (Å²) in [5.41, 5.74) is 4.68. The zero-order chi connectivity index (χ0) is 21.2. The average molecular weight is 410 g/mol. The molecule has 0 unspecified atom stereocenters. The molecule has 0 atom stereocenters. The fourth-order valence-corrected chi connectivity index (χ4v) is 4.00. The van der Waals surface area contributed by atoms with Gasteiger partial charge >= 0.3 is 0 Å². The Morgan fingerprint density at radius 3 is 2.68 bits per heavy atom. The molecule has 1 aromatic heterocycles. The Balaban J connectivity index is 1.45. The highest BCUT2D eigenvalue weighted by molar-refractivity contribution is 6.00. The standard InChI is InChI=1S/C26H22N2O3/c1-30-21-10-6-9-19(15-21)24-16-27-25(31-24)22-11-4-5-12-23(22)26(29)28-14-13-18-7-2-3-8-20(18)17-28/h2-12,15-16H,13-14,17H2,1H3. The first-order valence-electron chi connectivity index (χ1n) is 10.3. The van der Waals surface area contributed by atoms with Crippen LogP contribution in [0.5, 0.6) is 5.75 Å². The van der Waals surface area contributed by atoms with Crippen molar-refractivity contribution in [2.45, 2.75) is 13.0 Å². The van der Waals surface area contributed by atoms with Gasteiger partial charge in [0, 0.05) is 24.2 Å². The minimum absolute atomic E-state index is 0.00812. The van der Waals surface area contributed by atoms with Crippen molar-refractivity contribution in [1.82, 2.24) is 9.88 Å². The van der Waals surface area contributed by atoms with E-state index in [2.05, 4.69) is 17.1 Å². The third kappa shape index (κ3) is 3.70. The number of nitrogens with zero attached hydrogens (tertiary/aromatic N) is 2. The molecule has 0 fully saturated rings. The molecule has 0 saturated heterocycles. The molecule has 31 heavy (non-hydrogen) atoms. The quantitative estimate of drug-likeness (QED) is 0.463. The Labute approximate surface area is 180 Å². The van der Waals surface area contributed by atoms with Crippen molar-refractivity contribution in [2.75, 3.05) is 13.7 Å². The number of hydrogen-bond acceptors (Lipinski definition) is 4. The fraction of sp³-hybridized carbons (Fsp3) is 0.154. The van der Waals surface area contributed by atoms with E-state index in [1.54, 1.807) is 13.3 Å². The number of hydrogen-bond donors (Lipinski definition) is 0. The molecular formula is C26H22N2O3. The SMILES string of the molecule is COc1cccc(-c2cnc(-c3ccccc3C(=O)N3CCc4ccccc4C3)o2)c1. The molecule has 1 aliphatic rings. The summed E-state index contributed by atoms with van der Waals surface area (Å²) in [4.78, 5) is 19.8. The molecule has 5 heteroatoms. The van der Waals surface area contributed by atoms with Gasteiger partial charge in [0.2, 0.25) is 5.89 Å². The van der Waals surface area contributed by atoms with Crippen molar-refractivity contribution in [1.29, 1.82) is 0 Å². The van der Waals surface area contributed by atoms with Gasteiger partial charge in [0.15, 0.2) is 5.76 Å². The van der Waals surface area contributed by atoms with E-state index < -0.39 is 0 Å². The van der Waals surface area contributed by atoms with E-state index >= 15 is 0 Å². The van der Waals surface area contributed by atoms with Crippen LogP contribution in [0, 0.1) is 0 Å². The third-order valence-electron chi connectivity index (χ3n) is 5.67. The van der Waals surface area contributed by atoms with Gasteiger partial charge in [-0.25, -0.2) is 4.98 Å². The summed E-state index contributed by atoms with van der Waals surface area (Å²) in [6.45, 7) is 1.31. The Bertz CT molecular complexity index is 1240. The van der Waals surface area contributed by atoms with Crippen LogP contribution in [0.2, 0.25) is 0 Å². The van der Waals surface area contributed by atoms with Gasteiger partial charge in [-0.3, -0.25) is 4.79 Å². The van der Waals surface area contributed by atoms with Gasteiger partial charge in [-0.2, -0.15) is 0 Å². The van der Waals surface area contributed by atoms with E-state index in [9.17, 15) is 4.79 Å². The normalized spacial score (nSPS) is 13.0. The molecule has 3 aromatic carbocycles. The molecule has 4 aromatic rings. The van der Waals surface area contributed by atoms with E-state index in [4.69, 9.17) is 9.15 Å². The smallest absolute Gasteiger partial charge is 0.254 e. The molecule has 5 rings (SSSR count). The highest BCUT2D eigenvalue weighted by Crippen LogP contribution is 2.31. The third-order valence-corrected chi connectivity index (χ3v) is 5.67. The summed E-state index contributed by atoms with van der Waals surface area (Å²) < 4.78 is 11.4. The first kappa shape index (κ1) is 19.1. The molecule has 1 amide bonds. The number of aromatic nitrogens is 1. The van der Waals surface area contributed by atoms with Crippen LogP contribution in [0.1, 0.15) is 21.5 Å². The van der Waals surface area contributed by atoms with Crippen molar-refractivity contribution in [2.24, 2.45) is 0 Å². The largest absolute Gasteiger partial charge is 0.497 e. The molecule has 2 heterocycles. The molecule has 154 valence electrons. The van der Waals surface area contributed by atoms with Crippen molar-refractivity contribution in [3.05, 3.63) is 95.7 Å². The van der Waals surface area contributed by atoms with Gasteiger partial charge in [-0.1, -0.05) is 48.5 Å². The van der Waals surface area contributed by atoms with E-state index in [1.807, 2.05) is 65.6 Å². The molecule has 0 spiro atoms. The van der Waals surface area contributed by atoms with Crippen LogP contribution < -0.4 is 4.74 Å².